The molecular formula is C20H24F3N5O. The normalized spacial score (nSPS) is 24.7. The molecule has 2 aromatic rings. The summed E-state index contributed by atoms with van der Waals surface area (Å²) < 4.78 is 41.8. The van der Waals surface area contributed by atoms with Crippen molar-refractivity contribution >= 4 is 11.7 Å². The van der Waals surface area contributed by atoms with Crippen LogP contribution in [0.1, 0.15) is 60.7 Å². The summed E-state index contributed by atoms with van der Waals surface area (Å²) in [6, 6.07) is 5.06. The van der Waals surface area contributed by atoms with Crippen molar-refractivity contribution in [2.75, 3.05) is 18.4 Å². The van der Waals surface area contributed by atoms with Gasteiger partial charge in [0, 0.05) is 37.3 Å². The lowest BCUT2D eigenvalue weighted by Gasteiger charge is -2.33. The number of carbonyl (C=O) groups excluding carboxylic acids is 1. The van der Waals surface area contributed by atoms with Gasteiger partial charge in [-0.1, -0.05) is 13.0 Å². The second kappa shape index (κ2) is 7.68. The molecule has 1 saturated heterocycles. The Hall–Kier alpha value is -2.58. The summed E-state index contributed by atoms with van der Waals surface area (Å²) in [4.78, 5) is 18.5. The molecule has 1 fully saturated rings. The first-order chi connectivity index (χ1) is 13.9. The summed E-state index contributed by atoms with van der Waals surface area (Å²) in [5.74, 6) is 0.162. The van der Waals surface area contributed by atoms with E-state index in [1.54, 1.807) is 35.4 Å². The van der Waals surface area contributed by atoms with Crippen molar-refractivity contribution < 1.29 is 18.0 Å². The maximum absolute atomic E-state index is 13.6. The molecule has 0 bridgehead atoms. The lowest BCUT2D eigenvalue weighted by Crippen LogP contribution is -2.40. The zero-order valence-corrected chi connectivity index (χ0v) is 16.2. The highest BCUT2D eigenvalue weighted by Crippen LogP contribution is 2.41. The van der Waals surface area contributed by atoms with Crippen molar-refractivity contribution in [3.63, 3.8) is 0 Å². The maximum atomic E-state index is 13.6. The quantitative estimate of drug-likeness (QED) is 0.836. The van der Waals surface area contributed by atoms with Gasteiger partial charge in [0.25, 0.3) is 5.91 Å². The van der Waals surface area contributed by atoms with E-state index in [4.69, 9.17) is 0 Å². The van der Waals surface area contributed by atoms with Gasteiger partial charge in [0.1, 0.15) is 11.5 Å². The average Bonchev–Trinajstić information content (AvgIpc) is 3.16. The van der Waals surface area contributed by atoms with Gasteiger partial charge in [-0.2, -0.15) is 18.3 Å². The summed E-state index contributed by atoms with van der Waals surface area (Å²) in [7, 11) is 0. The molecule has 1 N–H and O–H groups in total. The molecule has 2 aliphatic rings. The van der Waals surface area contributed by atoms with Crippen LogP contribution >= 0.6 is 0 Å². The third kappa shape index (κ3) is 3.95. The molecule has 0 unspecified atom stereocenters. The topological polar surface area (TPSA) is 63.1 Å². The molecule has 2 aromatic heterocycles. The molecule has 9 heteroatoms. The van der Waals surface area contributed by atoms with Gasteiger partial charge in [-0.3, -0.25) is 9.78 Å². The molecule has 0 aromatic carbocycles. The van der Waals surface area contributed by atoms with Crippen LogP contribution in [0.5, 0.6) is 0 Å². The van der Waals surface area contributed by atoms with E-state index in [-0.39, 0.29) is 24.3 Å². The number of carbonyl (C=O) groups is 1. The molecule has 156 valence electrons. The molecule has 4 heterocycles. The second-order valence-electron chi connectivity index (χ2n) is 7.75. The third-order valence-corrected chi connectivity index (χ3v) is 5.79. The number of hydrogen-bond acceptors (Lipinski definition) is 4. The Morgan fingerprint density at radius 1 is 1.34 bits per heavy atom. The molecule has 0 saturated carbocycles. The van der Waals surface area contributed by atoms with E-state index in [0.717, 1.165) is 17.5 Å². The fourth-order valence-corrected chi connectivity index (χ4v) is 4.19. The number of pyridine rings is 1. The van der Waals surface area contributed by atoms with Gasteiger partial charge >= 0.3 is 6.18 Å². The number of halogens is 3. The zero-order chi connectivity index (χ0) is 20.6. The summed E-state index contributed by atoms with van der Waals surface area (Å²) in [6.07, 6.45) is -0.617. The Morgan fingerprint density at radius 3 is 2.86 bits per heavy atom. The number of fused-ring (bicyclic) bond motifs is 1. The van der Waals surface area contributed by atoms with E-state index in [2.05, 4.69) is 15.4 Å². The van der Waals surface area contributed by atoms with Crippen LogP contribution in [0.4, 0.5) is 19.0 Å². The number of hydrogen-bond donors (Lipinski definition) is 1. The van der Waals surface area contributed by atoms with E-state index >= 15 is 0 Å². The molecule has 29 heavy (non-hydrogen) atoms. The molecule has 0 spiro atoms. The second-order valence-corrected chi connectivity index (χ2v) is 7.75. The zero-order valence-electron chi connectivity index (χ0n) is 16.2. The van der Waals surface area contributed by atoms with Gasteiger partial charge in [-0.15, -0.1) is 0 Å². The highest BCUT2D eigenvalue weighted by atomic mass is 19.4. The lowest BCUT2D eigenvalue weighted by atomic mass is 9.94. The van der Waals surface area contributed by atoms with Crippen LogP contribution in [0.2, 0.25) is 0 Å². The smallest absolute Gasteiger partial charge is 0.367 e. The van der Waals surface area contributed by atoms with Crippen LogP contribution in [0.3, 0.4) is 0 Å². The van der Waals surface area contributed by atoms with Crippen molar-refractivity contribution in [1.82, 2.24) is 19.7 Å². The first-order valence-corrected chi connectivity index (χ1v) is 9.99. The van der Waals surface area contributed by atoms with Gasteiger partial charge in [0.2, 0.25) is 0 Å². The maximum Gasteiger partial charge on any atom is 0.410 e. The molecule has 3 atom stereocenters. The van der Waals surface area contributed by atoms with Crippen molar-refractivity contribution in [2.45, 2.75) is 56.8 Å². The Bertz CT molecular complexity index is 867. The number of rotatable bonds is 3. The molecule has 0 aliphatic carbocycles. The monoisotopic (exact) mass is 407 g/mol. The lowest BCUT2D eigenvalue weighted by molar-refractivity contribution is -0.173. The van der Waals surface area contributed by atoms with Gasteiger partial charge < -0.3 is 10.2 Å². The fourth-order valence-electron chi connectivity index (χ4n) is 4.19. The van der Waals surface area contributed by atoms with Crippen molar-refractivity contribution in [3.8, 4) is 0 Å². The SMILES string of the molecule is CC[C@@H]1C[C@H](C(F)(F)F)n2nc([C@@H]3CCCN(C(=O)c4ccccn4)C3)cc2N1. The molecular weight excluding hydrogens is 383 g/mol. The number of nitrogens with zero attached hydrogens (tertiary/aromatic N) is 4. The van der Waals surface area contributed by atoms with Crippen molar-refractivity contribution in [2.24, 2.45) is 0 Å². The number of piperidine rings is 1. The summed E-state index contributed by atoms with van der Waals surface area (Å²) >= 11 is 0. The Morgan fingerprint density at radius 2 is 2.17 bits per heavy atom. The summed E-state index contributed by atoms with van der Waals surface area (Å²) in [5.41, 5.74) is 0.985. The average molecular weight is 407 g/mol. The van der Waals surface area contributed by atoms with Gasteiger partial charge in [-0.25, -0.2) is 4.68 Å². The summed E-state index contributed by atoms with van der Waals surface area (Å²) in [6.45, 7) is 2.92. The van der Waals surface area contributed by atoms with Crippen LogP contribution in [-0.2, 0) is 0 Å². The number of amides is 1. The first-order valence-electron chi connectivity index (χ1n) is 9.99. The number of alkyl halides is 3. The van der Waals surface area contributed by atoms with Gasteiger partial charge in [0.05, 0.1) is 5.69 Å². The number of nitrogens with one attached hydrogen (secondary N) is 1. The predicted octanol–water partition coefficient (Wildman–Crippen LogP) is 4.00. The Kier molecular flexibility index (Phi) is 5.23. The minimum atomic E-state index is -4.35. The van der Waals surface area contributed by atoms with Crippen molar-refractivity contribution in [3.05, 3.63) is 41.9 Å². The Labute approximate surface area is 167 Å². The fraction of sp³-hybridized carbons (Fsp3) is 0.550. The van der Waals surface area contributed by atoms with E-state index in [1.165, 1.54) is 0 Å². The van der Waals surface area contributed by atoms with Gasteiger partial charge in [0.15, 0.2) is 6.04 Å². The molecule has 6 nitrogen and oxygen atoms in total. The molecule has 1 amide bonds. The minimum Gasteiger partial charge on any atom is -0.367 e. The first kappa shape index (κ1) is 19.7. The standard InChI is InChI=1S/C20H24F3N5O/c1-2-14-10-17(20(21,22)23)28-18(25-14)11-16(26-28)13-6-5-9-27(12-13)19(29)15-7-3-4-8-24-15/h3-4,7-8,11,13-14,17,25H,2,5-6,9-10,12H2,1H3/t13-,14-,17-/m1/s1. The summed E-state index contributed by atoms with van der Waals surface area (Å²) in [5, 5.41) is 7.52. The van der Waals surface area contributed by atoms with Crippen LogP contribution in [-0.4, -0.2) is 50.9 Å². The number of anilines is 1. The van der Waals surface area contributed by atoms with Crippen LogP contribution in [0, 0.1) is 0 Å². The van der Waals surface area contributed by atoms with Gasteiger partial charge in [-0.05, 0) is 37.8 Å². The van der Waals surface area contributed by atoms with E-state index in [0.29, 0.717) is 36.7 Å². The van der Waals surface area contributed by atoms with E-state index in [1.807, 2.05) is 6.92 Å². The minimum absolute atomic E-state index is 0.0247. The van der Waals surface area contributed by atoms with E-state index < -0.39 is 12.2 Å². The van der Waals surface area contributed by atoms with Crippen LogP contribution in [0.25, 0.3) is 0 Å². The molecule has 0 radical (unpaired) electrons. The highest BCUT2D eigenvalue weighted by Gasteiger charge is 2.46. The van der Waals surface area contributed by atoms with E-state index in [9.17, 15) is 18.0 Å². The number of likely N-dealkylation sites (tertiary alicyclic amines) is 1. The third-order valence-electron chi connectivity index (χ3n) is 5.79. The number of aromatic nitrogens is 3. The van der Waals surface area contributed by atoms with Crippen LogP contribution < -0.4 is 5.32 Å². The van der Waals surface area contributed by atoms with Crippen LogP contribution in [0.15, 0.2) is 30.5 Å². The largest absolute Gasteiger partial charge is 0.410 e. The van der Waals surface area contributed by atoms with Crippen molar-refractivity contribution in [1.29, 1.82) is 0 Å². The Balaban J connectivity index is 1.56. The highest BCUT2D eigenvalue weighted by molar-refractivity contribution is 5.92. The predicted molar refractivity (Wildman–Crippen MR) is 102 cm³/mol. The molecule has 4 rings (SSSR count). The molecule has 2 aliphatic heterocycles.